The highest BCUT2D eigenvalue weighted by Crippen LogP contribution is 2.37. The van der Waals surface area contributed by atoms with Crippen molar-refractivity contribution in [2.75, 3.05) is 62.0 Å². The number of carbonyl (C=O) groups excluding carboxylic acids is 1. The molecular weight excluding hydrogens is 532 g/mol. The Kier molecular flexibility index (Phi) is 7.80. The summed E-state index contributed by atoms with van der Waals surface area (Å²) < 4.78 is 5.61. The van der Waals surface area contributed by atoms with Gasteiger partial charge < -0.3 is 35.6 Å². The first-order valence-electron chi connectivity index (χ1n) is 14.5. The van der Waals surface area contributed by atoms with Crippen LogP contribution in [-0.4, -0.2) is 77.3 Å². The van der Waals surface area contributed by atoms with Crippen LogP contribution in [0.15, 0.2) is 43.1 Å². The van der Waals surface area contributed by atoms with Gasteiger partial charge in [-0.15, -0.1) is 6.58 Å². The van der Waals surface area contributed by atoms with Gasteiger partial charge in [0.25, 0.3) is 5.91 Å². The molecule has 6 rings (SSSR count). The maximum Gasteiger partial charge on any atom is 0.256 e. The maximum absolute atomic E-state index is 13.0. The minimum Gasteiger partial charge on any atom is -0.384 e. The van der Waals surface area contributed by atoms with Crippen LogP contribution in [0.5, 0.6) is 0 Å². The number of benzene rings is 1. The predicted octanol–water partition coefficient (Wildman–Crippen LogP) is 3.25. The molecule has 1 amide bonds. The molecule has 11 heteroatoms. The Morgan fingerprint density at radius 2 is 1.98 bits per heavy atom. The third-order valence-electron chi connectivity index (χ3n) is 8.17. The van der Waals surface area contributed by atoms with Crippen LogP contribution < -0.4 is 20.9 Å². The fraction of sp³-hybridized carbons (Fsp3) is 0.419. The topological polar surface area (TPSA) is 128 Å². The van der Waals surface area contributed by atoms with Crippen molar-refractivity contribution in [2.24, 2.45) is 0 Å². The highest BCUT2D eigenvalue weighted by atomic mass is 16.5. The second-order valence-electron chi connectivity index (χ2n) is 11.4. The van der Waals surface area contributed by atoms with Crippen molar-refractivity contribution in [2.45, 2.75) is 38.3 Å². The number of hydrogen-bond donors (Lipinski definition) is 4. The summed E-state index contributed by atoms with van der Waals surface area (Å²) in [5.74, 6) is 0.821. The van der Waals surface area contributed by atoms with Gasteiger partial charge in [-0.25, -0.2) is 9.97 Å². The molecule has 3 aromatic rings. The number of aryl methyl sites for hydroxylation is 1. The van der Waals surface area contributed by atoms with Gasteiger partial charge in [-0.1, -0.05) is 12.1 Å². The van der Waals surface area contributed by atoms with Gasteiger partial charge in [0, 0.05) is 50.3 Å². The summed E-state index contributed by atoms with van der Waals surface area (Å²) in [5.41, 5.74) is 5.72. The number of carbonyl (C=O) groups is 1. The van der Waals surface area contributed by atoms with Crippen LogP contribution in [0.1, 0.15) is 46.1 Å². The zero-order valence-electron chi connectivity index (χ0n) is 24.2. The zero-order valence-corrected chi connectivity index (χ0v) is 24.2. The molecule has 1 unspecified atom stereocenters. The summed E-state index contributed by atoms with van der Waals surface area (Å²) in [6.45, 7) is 10.8. The van der Waals surface area contributed by atoms with Crippen molar-refractivity contribution in [3.63, 3.8) is 0 Å². The summed E-state index contributed by atoms with van der Waals surface area (Å²) in [7, 11) is 2.14. The summed E-state index contributed by atoms with van der Waals surface area (Å²) in [6, 6.07) is 8.14. The number of pyridine rings is 1. The third kappa shape index (κ3) is 5.80. The highest BCUT2D eigenvalue weighted by molar-refractivity contribution is 5.99. The molecule has 0 spiro atoms. The molecule has 2 aliphatic heterocycles. The smallest absolute Gasteiger partial charge is 0.256 e. The standard InChI is InChI=1S/C31H38N8O3/c1-4-10-32-29(40)24-18-33-30(37-28(24)36-26-6-5-20-7-9-31(2,41)27(20)35-26)34-22-16-21-19-38(3)11-8-23(21)25(17-22)39-12-14-42-15-13-39/h4-6,16-18,41H,1,7-15,19H2,2-3H3,(H,32,40)(H2,33,34,35,36,37). The van der Waals surface area contributed by atoms with Gasteiger partial charge in [-0.2, -0.15) is 4.98 Å². The second kappa shape index (κ2) is 11.7. The summed E-state index contributed by atoms with van der Waals surface area (Å²) in [5, 5.41) is 20.2. The quantitative estimate of drug-likeness (QED) is 0.300. The van der Waals surface area contributed by atoms with E-state index in [9.17, 15) is 9.90 Å². The van der Waals surface area contributed by atoms with Gasteiger partial charge in [0.2, 0.25) is 5.95 Å². The van der Waals surface area contributed by atoms with E-state index in [0.717, 1.165) is 50.3 Å². The molecule has 1 fully saturated rings. The van der Waals surface area contributed by atoms with Gasteiger partial charge in [0.1, 0.15) is 22.8 Å². The zero-order chi connectivity index (χ0) is 29.3. The monoisotopic (exact) mass is 570 g/mol. The number of morpholine rings is 1. The van der Waals surface area contributed by atoms with Crippen LogP contribution in [0.4, 0.5) is 29.0 Å². The highest BCUT2D eigenvalue weighted by Gasteiger charge is 2.34. The first kappa shape index (κ1) is 28.1. The van der Waals surface area contributed by atoms with E-state index in [1.165, 1.54) is 23.0 Å². The maximum atomic E-state index is 13.0. The Hall–Kier alpha value is -4.06. The lowest BCUT2D eigenvalue weighted by atomic mass is 9.96. The SMILES string of the molecule is C=CCNC(=O)c1cnc(Nc2cc3c(c(N4CCOCC4)c2)CCN(C)C3)nc1Nc1ccc2c(n1)C(C)(O)CC2. The number of aromatic nitrogens is 3. The Bertz CT molecular complexity index is 1500. The van der Waals surface area contributed by atoms with E-state index in [-0.39, 0.29) is 11.5 Å². The molecule has 1 saturated heterocycles. The molecule has 4 N–H and O–H groups in total. The van der Waals surface area contributed by atoms with Crippen LogP contribution in [0.25, 0.3) is 0 Å². The molecule has 3 aliphatic rings. The number of aliphatic hydroxyl groups is 1. The second-order valence-corrected chi connectivity index (χ2v) is 11.4. The Labute approximate surface area is 246 Å². The average molecular weight is 571 g/mol. The number of hydrogen-bond acceptors (Lipinski definition) is 10. The fourth-order valence-corrected chi connectivity index (χ4v) is 5.91. The van der Waals surface area contributed by atoms with E-state index >= 15 is 0 Å². The van der Waals surface area contributed by atoms with Gasteiger partial charge in [-0.05, 0) is 68.1 Å². The summed E-state index contributed by atoms with van der Waals surface area (Å²) in [6.07, 6.45) is 5.52. The van der Waals surface area contributed by atoms with Crippen LogP contribution in [0.2, 0.25) is 0 Å². The van der Waals surface area contributed by atoms with E-state index in [2.05, 4.69) is 61.5 Å². The molecule has 0 radical (unpaired) electrons. The van der Waals surface area contributed by atoms with E-state index in [1.54, 1.807) is 13.0 Å². The lowest BCUT2D eigenvalue weighted by Gasteiger charge is -2.35. The molecule has 1 aliphatic carbocycles. The third-order valence-corrected chi connectivity index (χ3v) is 8.17. The van der Waals surface area contributed by atoms with E-state index in [4.69, 9.17) is 9.72 Å². The molecule has 2 aromatic heterocycles. The minimum absolute atomic E-state index is 0.275. The summed E-state index contributed by atoms with van der Waals surface area (Å²) in [4.78, 5) is 31.6. The van der Waals surface area contributed by atoms with Gasteiger partial charge in [-0.3, -0.25) is 4.79 Å². The molecule has 0 saturated carbocycles. The van der Waals surface area contributed by atoms with Crippen molar-refractivity contribution >= 4 is 34.9 Å². The van der Waals surface area contributed by atoms with Crippen molar-refractivity contribution in [3.05, 3.63) is 71.1 Å². The Morgan fingerprint density at radius 3 is 2.79 bits per heavy atom. The lowest BCUT2D eigenvalue weighted by molar-refractivity contribution is 0.0555. The van der Waals surface area contributed by atoms with Crippen molar-refractivity contribution in [1.82, 2.24) is 25.2 Å². The van der Waals surface area contributed by atoms with Crippen molar-refractivity contribution in [1.29, 1.82) is 0 Å². The van der Waals surface area contributed by atoms with Gasteiger partial charge in [0.15, 0.2) is 0 Å². The molecule has 1 aromatic carbocycles. The minimum atomic E-state index is -0.992. The Balaban J connectivity index is 1.34. The molecule has 11 nitrogen and oxygen atoms in total. The van der Waals surface area contributed by atoms with E-state index in [1.807, 2.05) is 12.1 Å². The normalized spacial score (nSPS) is 20.0. The molecule has 42 heavy (non-hydrogen) atoms. The van der Waals surface area contributed by atoms with E-state index < -0.39 is 5.60 Å². The number of anilines is 5. The number of fused-ring (bicyclic) bond motifs is 2. The lowest BCUT2D eigenvalue weighted by Crippen LogP contribution is -2.38. The molecular formula is C31H38N8O3. The first-order chi connectivity index (χ1) is 20.3. The molecule has 4 heterocycles. The number of ether oxygens (including phenoxy) is 1. The first-order valence-corrected chi connectivity index (χ1v) is 14.5. The molecule has 1 atom stereocenters. The van der Waals surface area contributed by atoms with Crippen LogP contribution in [-0.2, 0) is 29.7 Å². The average Bonchev–Trinajstić information content (AvgIpc) is 3.29. The number of nitrogens with one attached hydrogen (secondary N) is 3. The largest absolute Gasteiger partial charge is 0.384 e. The van der Waals surface area contributed by atoms with Gasteiger partial charge in [0.05, 0.1) is 18.9 Å². The number of nitrogens with zero attached hydrogens (tertiary/aromatic N) is 5. The predicted molar refractivity (Wildman–Crippen MR) is 163 cm³/mol. The van der Waals surface area contributed by atoms with Crippen molar-refractivity contribution < 1.29 is 14.6 Å². The number of likely N-dealkylation sites (N-methyl/N-ethyl adjacent to an activating group) is 1. The number of rotatable bonds is 8. The van der Waals surface area contributed by atoms with Crippen molar-refractivity contribution in [3.8, 4) is 0 Å². The number of amides is 1. The molecule has 0 bridgehead atoms. The van der Waals surface area contributed by atoms with Crippen LogP contribution >= 0.6 is 0 Å². The van der Waals surface area contributed by atoms with Gasteiger partial charge >= 0.3 is 0 Å². The fourth-order valence-electron chi connectivity index (χ4n) is 5.91. The summed E-state index contributed by atoms with van der Waals surface area (Å²) >= 11 is 0. The Morgan fingerprint density at radius 1 is 1.14 bits per heavy atom. The van der Waals surface area contributed by atoms with E-state index in [0.29, 0.717) is 49.5 Å². The van der Waals surface area contributed by atoms with Crippen LogP contribution in [0.3, 0.4) is 0 Å². The van der Waals surface area contributed by atoms with Crippen LogP contribution in [0, 0.1) is 0 Å². The molecule has 220 valence electrons.